The summed E-state index contributed by atoms with van der Waals surface area (Å²) in [6.45, 7) is 3.74. The lowest BCUT2D eigenvalue weighted by Crippen LogP contribution is -2.60. The van der Waals surface area contributed by atoms with Crippen LogP contribution in [-0.2, 0) is 14.3 Å². The maximum atomic E-state index is 12.9. The molecule has 0 radical (unpaired) electrons. The summed E-state index contributed by atoms with van der Waals surface area (Å²) in [7, 11) is 0. The second-order valence-corrected chi connectivity index (χ2v) is 18.0. The third kappa shape index (κ3) is 32.7. The number of hydrogen-bond donors (Lipinski definition) is 6. The Hall–Kier alpha value is -1.59. The summed E-state index contributed by atoms with van der Waals surface area (Å²) in [5.74, 6) is -0.243. The number of hydrogen-bond acceptors (Lipinski definition) is 8. The highest BCUT2D eigenvalue weighted by molar-refractivity contribution is 5.76. The minimum atomic E-state index is -1.57. The molecule has 0 aromatic heterocycles. The van der Waals surface area contributed by atoms with Gasteiger partial charge in [0.25, 0.3) is 0 Å². The second kappa shape index (κ2) is 42.4. The van der Waals surface area contributed by atoms with E-state index in [0.29, 0.717) is 6.42 Å². The molecule has 1 aliphatic rings. The van der Waals surface area contributed by atoms with Crippen LogP contribution in [0.4, 0.5) is 0 Å². The zero-order chi connectivity index (χ0) is 44.4. The summed E-state index contributed by atoms with van der Waals surface area (Å²) in [6.07, 6.45) is 46.5. The summed E-state index contributed by atoms with van der Waals surface area (Å²) >= 11 is 0. The summed E-state index contributed by atoms with van der Waals surface area (Å²) in [6, 6.07) is -0.834. The average molecular weight is 864 g/mol. The lowest BCUT2D eigenvalue weighted by atomic mass is 9.99. The highest BCUT2D eigenvalue weighted by atomic mass is 16.7. The first-order valence-electron chi connectivity index (χ1n) is 25.7. The van der Waals surface area contributed by atoms with Gasteiger partial charge in [-0.3, -0.25) is 4.79 Å². The fourth-order valence-electron chi connectivity index (χ4n) is 8.09. The first-order valence-corrected chi connectivity index (χ1v) is 25.7. The van der Waals surface area contributed by atoms with E-state index < -0.39 is 49.5 Å². The van der Waals surface area contributed by atoms with Crippen LogP contribution in [0.25, 0.3) is 0 Å². The molecule has 358 valence electrons. The van der Waals surface area contributed by atoms with E-state index in [1.54, 1.807) is 6.08 Å². The number of ether oxygens (including phenoxy) is 2. The van der Waals surface area contributed by atoms with E-state index in [1.165, 1.54) is 173 Å². The first-order chi connectivity index (χ1) is 29.8. The molecule has 61 heavy (non-hydrogen) atoms. The number of carbonyl (C=O) groups excluding carboxylic acids is 1. The molecule has 6 N–H and O–H groups in total. The molecule has 1 amide bonds. The van der Waals surface area contributed by atoms with Crippen molar-refractivity contribution in [3.8, 4) is 0 Å². The summed E-state index contributed by atoms with van der Waals surface area (Å²) in [4.78, 5) is 12.9. The van der Waals surface area contributed by atoms with Gasteiger partial charge in [0.2, 0.25) is 5.91 Å². The number of amides is 1. The Bertz CT molecular complexity index is 1050. The molecule has 0 bridgehead atoms. The molecular formula is C52H97NO8. The van der Waals surface area contributed by atoms with Gasteiger partial charge >= 0.3 is 0 Å². The molecule has 1 rings (SSSR count). The van der Waals surface area contributed by atoms with Crippen LogP contribution >= 0.6 is 0 Å². The zero-order valence-corrected chi connectivity index (χ0v) is 39.4. The van der Waals surface area contributed by atoms with Crippen LogP contribution in [0.5, 0.6) is 0 Å². The molecule has 1 aliphatic heterocycles. The fourth-order valence-corrected chi connectivity index (χ4v) is 8.09. The van der Waals surface area contributed by atoms with Gasteiger partial charge in [0.1, 0.15) is 24.4 Å². The number of allylic oxidation sites excluding steroid dienone is 5. The van der Waals surface area contributed by atoms with Crippen LogP contribution in [0.3, 0.4) is 0 Å². The van der Waals surface area contributed by atoms with Crippen molar-refractivity contribution in [2.75, 3.05) is 13.2 Å². The molecule has 0 saturated carbocycles. The molecule has 7 atom stereocenters. The van der Waals surface area contributed by atoms with Crippen molar-refractivity contribution in [3.63, 3.8) is 0 Å². The average Bonchev–Trinajstić information content (AvgIpc) is 3.26. The van der Waals surface area contributed by atoms with Crippen molar-refractivity contribution in [1.29, 1.82) is 0 Å². The molecule has 0 aliphatic carbocycles. The molecule has 0 aromatic rings. The van der Waals surface area contributed by atoms with Crippen molar-refractivity contribution < 1.29 is 39.8 Å². The largest absolute Gasteiger partial charge is 0.394 e. The molecular weight excluding hydrogens is 767 g/mol. The van der Waals surface area contributed by atoms with Gasteiger partial charge < -0.3 is 40.3 Å². The van der Waals surface area contributed by atoms with Crippen LogP contribution < -0.4 is 5.32 Å². The van der Waals surface area contributed by atoms with Gasteiger partial charge in [0.15, 0.2) is 6.29 Å². The zero-order valence-electron chi connectivity index (χ0n) is 39.4. The first kappa shape index (κ1) is 57.4. The Morgan fingerprint density at radius 3 is 1.41 bits per heavy atom. The molecule has 1 heterocycles. The van der Waals surface area contributed by atoms with E-state index >= 15 is 0 Å². The maximum absolute atomic E-state index is 12.9. The molecule has 1 saturated heterocycles. The number of aliphatic hydroxyl groups is 5. The predicted octanol–water partition coefficient (Wildman–Crippen LogP) is 11.6. The maximum Gasteiger partial charge on any atom is 0.220 e. The molecule has 7 unspecified atom stereocenters. The summed E-state index contributed by atoms with van der Waals surface area (Å²) in [5, 5.41) is 54.2. The van der Waals surface area contributed by atoms with Gasteiger partial charge in [0, 0.05) is 6.42 Å². The molecule has 0 aromatic carbocycles. The SMILES string of the molecule is CCCCCCCC/C=C\C/C=C\CCC(=O)NC(COC1OC(CO)C(O)C(O)C1O)C(O)/C=C/CCCCCCCCCCCCCCCCCCCCCCCCC. The Morgan fingerprint density at radius 1 is 0.557 bits per heavy atom. The molecule has 9 heteroatoms. The highest BCUT2D eigenvalue weighted by Crippen LogP contribution is 2.23. The van der Waals surface area contributed by atoms with Crippen LogP contribution in [0, 0.1) is 0 Å². The van der Waals surface area contributed by atoms with Gasteiger partial charge in [-0.05, 0) is 38.5 Å². The van der Waals surface area contributed by atoms with E-state index in [-0.39, 0.29) is 18.9 Å². The van der Waals surface area contributed by atoms with Crippen LogP contribution in [0.15, 0.2) is 36.5 Å². The number of nitrogens with one attached hydrogen (secondary N) is 1. The smallest absolute Gasteiger partial charge is 0.220 e. The van der Waals surface area contributed by atoms with Crippen LogP contribution in [0.1, 0.15) is 232 Å². The second-order valence-electron chi connectivity index (χ2n) is 18.0. The highest BCUT2D eigenvalue weighted by Gasteiger charge is 2.44. The van der Waals surface area contributed by atoms with Crippen LogP contribution in [0.2, 0.25) is 0 Å². The third-order valence-electron chi connectivity index (χ3n) is 12.2. The lowest BCUT2D eigenvalue weighted by Gasteiger charge is -2.40. The van der Waals surface area contributed by atoms with Gasteiger partial charge in [-0.1, -0.05) is 224 Å². The van der Waals surface area contributed by atoms with E-state index in [9.17, 15) is 30.3 Å². The van der Waals surface area contributed by atoms with Gasteiger partial charge in [-0.15, -0.1) is 0 Å². The topological polar surface area (TPSA) is 149 Å². The molecule has 9 nitrogen and oxygen atoms in total. The predicted molar refractivity (Wildman–Crippen MR) is 253 cm³/mol. The van der Waals surface area contributed by atoms with E-state index in [0.717, 1.165) is 32.1 Å². The van der Waals surface area contributed by atoms with Crippen molar-refractivity contribution >= 4 is 5.91 Å². The number of rotatable bonds is 43. The Kier molecular flexibility index (Phi) is 39.9. The number of aliphatic hydroxyl groups excluding tert-OH is 5. The lowest BCUT2D eigenvalue weighted by molar-refractivity contribution is -0.302. The van der Waals surface area contributed by atoms with Gasteiger partial charge in [0.05, 0.1) is 25.4 Å². The summed E-state index contributed by atoms with van der Waals surface area (Å²) < 4.78 is 11.2. The Balaban J connectivity index is 2.27. The molecule has 1 fully saturated rings. The van der Waals surface area contributed by atoms with Crippen molar-refractivity contribution in [1.82, 2.24) is 5.32 Å². The number of unbranched alkanes of at least 4 members (excludes halogenated alkanes) is 29. The monoisotopic (exact) mass is 864 g/mol. The van der Waals surface area contributed by atoms with E-state index in [1.807, 2.05) is 12.2 Å². The van der Waals surface area contributed by atoms with Gasteiger partial charge in [-0.2, -0.15) is 0 Å². The Morgan fingerprint density at radius 2 is 0.967 bits per heavy atom. The molecule has 0 spiro atoms. The minimum absolute atomic E-state index is 0.210. The minimum Gasteiger partial charge on any atom is -0.394 e. The fraction of sp³-hybridized carbons (Fsp3) is 0.865. The normalized spacial score (nSPS) is 20.7. The van der Waals surface area contributed by atoms with Crippen molar-refractivity contribution in [3.05, 3.63) is 36.5 Å². The quantitative estimate of drug-likeness (QED) is 0.0262. The van der Waals surface area contributed by atoms with E-state index in [2.05, 4.69) is 37.4 Å². The van der Waals surface area contributed by atoms with Crippen molar-refractivity contribution in [2.45, 2.75) is 275 Å². The van der Waals surface area contributed by atoms with Crippen molar-refractivity contribution in [2.24, 2.45) is 0 Å². The van der Waals surface area contributed by atoms with Crippen LogP contribution in [-0.4, -0.2) is 87.5 Å². The van der Waals surface area contributed by atoms with E-state index in [4.69, 9.17) is 9.47 Å². The Labute approximate surface area is 374 Å². The third-order valence-corrected chi connectivity index (χ3v) is 12.2. The standard InChI is InChI=1S/C52H97NO8/c1-3-5-7-9-11-13-15-17-18-19-20-21-22-23-24-25-26-27-28-30-31-33-35-37-39-41-46(55)45(44-60-52-51(59)50(58)49(57)47(43-54)61-52)53-48(56)42-40-38-36-34-32-29-16-14-12-10-8-6-4-2/h29,32,36,38-39,41,45-47,49-52,54-55,57-59H,3-28,30-31,33-35,37,40,42-44H2,1-2H3,(H,53,56)/b32-29-,38-36-,41-39+. The number of carbonyl (C=O) groups is 1. The van der Waals surface area contributed by atoms with Gasteiger partial charge in [-0.25, -0.2) is 0 Å². The summed E-state index contributed by atoms with van der Waals surface area (Å²) in [5.41, 5.74) is 0.